The molecule has 2 aromatic carbocycles. The summed E-state index contributed by atoms with van der Waals surface area (Å²) in [6.07, 6.45) is -0.234. The lowest BCUT2D eigenvalue weighted by Crippen LogP contribution is -2.38. The van der Waals surface area contributed by atoms with Crippen LogP contribution in [0.4, 0.5) is 11.4 Å². The first kappa shape index (κ1) is 20.9. The van der Waals surface area contributed by atoms with Gasteiger partial charge in [0.05, 0.1) is 10.5 Å². The van der Waals surface area contributed by atoms with Crippen molar-refractivity contribution in [1.29, 1.82) is 0 Å². The third kappa shape index (κ3) is 5.29. The van der Waals surface area contributed by atoms with E-state index in [1.165, 1.54) is 19.1 Å². The molecule has 3 N–H and O–H groups in total. The maximum Gasteiger partial charge on any atom is 0.341 e. The molecule has 0 spiro atoms. The SMILES string of the molecule is CC[C@@H](CNC(=O)[C@@H](C)OC(=O)c1cc([N+](=O)[O-])ccc1N)c1ccccc1. The summed E-state index contributed by atoms with van der Waals surface area (Å²) in [5.74, 6) is -1.20. The Morgan fingerprint density at radius 1 is 1.21 bits per heavy atom. The molecule has 0 aromatic heterocycles. The molecule has 8 heteroatoms. The maximum atomic E-state index is 12.3. The van der Waals surface area contributed by atoms with Gasteiger partial charge in [0.1, 0.15) is 0 Å². The predicted molar refractivity (Wildman–Crippen MR) is 105 cm³/mol. The van der Waals surface area contributed by atoms with E-state index in [0.29, 0.717) is 6.54 Å². The van der Waals surface area contributed by atoms with Crippen molar-refractivity contribution in [3.05, 3.63) is 69.8 Å². The number of nitro benzene ring substituents is 1. The number of hydrogen-bond acceptors (Lipinski definition) is 6. The van der Waals surface area contributed by atoms with E-state index >= 15 is 0 Å². The van der Waals surface area contributed by atoms with Crippen LogP contribution in [0.1, 0.15) is 42.1 Å². The van der Waals surface area contributed by atoms with Gasteiger partial charge in [-0.3, -0.25) is 14.9 Å². The van der Waals surface area contributed by atoms with Crippen LogP contribution in [0.2, 0.25) is 0 Å². The summed E-state index contributed by atoms with van der Waals surface area (Å²) in [5, 5.41) is 13.6. The fraction of sp³-hybridized carbons (Fsp3) is 0.300. The molecule has 0 radical (unpaired) electrons. The van der Waals surface area contributed by atoms with Crippen LogP contribution in [-0.4, -0.2) is 29.4 Å². The van der Waals surface area contributed by atoms with Crippen molar-refractivity contribution in [3.8, 4) is 0 Å². The van der Waals surface area contributed by atoms with Crippen LogP contribution in [0.25, 0.3) is 0 Å². The van der Waals surface area contributed by atoms with E-state index in [1.807, 2.05) is 37.3 Å². The van der Waals surface area contributed by atoms with Crippen LogP contribution in [0.3, 0.4) is 0 Å². The van der Waals surface area contributed by atoms with Crippen LogP contribution in [0.15, 0.2) is 48.5 Å². The number of nitrogen functional groups attached to an aromatic ring is 1. The topological polar surface area (TPSA) is 125 Å². The summed E-state index contributed by atoms with van der Waals surface area (Å²) in [7, 11) is 0. The average Bonchev–Trinajstić information content (AvgIpc) is 2.69. The summed E-state index contributed by atoms with van der Waals surface area (Å²) >= 11 is 0. The Morgan fingerprint density at radius 2 is 1.89 bits per heavy atom. The smallest absolute Gasteiger partial charge is 0.341 e. The second-order valence-corrected chi connectivity index (χ2v) is 6.34. The van der Waals surface area contributed by atoms with Crippen molar-refractivity contribution in [2.24, 2.45) is 0 Å². The minimum absolute atomic E-state index is 0.0401. The maximum absolute atomic E-state index is 12.3. The lowest BCUT2D eigenvalue weighted by molar-refractivity contribution is -0.384. The highest BCUT2D eigenvalue weighted by Gasteiger charge is 2.23. The number of benzene rings is 2. The van der Waals surface area contributed by atoms with Crippen LogP contribution < -0.4 is 11.1 Å². The highest BCUT2D eigenvalue weighted by atomic mass is 16.6. The van der Waals surface area contributed by atoms with Gasteiger partial charge in [-0.1, -0.05) is 37.3 Å². The molecule has 0 fully saturated rings. The number of nitrogens with two attached hydrogens (primary N) is 1. The number of anilines is 1. The standard InChI is InChI=1S/C20H23N3O5/c1-3-14(15-7-5-4-6-8-15)12-22-19(24)13(2)28-20(25)17-11-16(23(26)27)9-10-18(17)21/h4-11,13-14H,3,12,21H2,1-2H3,(H,22,24)/t13-,14+/m1/s1. The first-order chi connectivity index (χ1) is 13.3. The number of amides is 1. The van der Waals surface area contributed by atoms with Gasteiger partial charge >= 0.3 is 5.97 Å². The second kappa shape index (κ2) is 9.50. The zero-order valence-electron chi connectivity index (χ0n) is 15.8. The van der Waals surface area contributed by atoms with E-state index in [4.69, 9.17) is 10.5 Å². The first-order valence-electron chi connectivity index (χ1n) is 8.91. The summed E-state index contributed by atoms with van der Waals surface area (Å²) in [6, 6.07) is 13.3. The van der Waals surface area contributed by atoms with E-state index in [9.17, 15) is 19.7 Å². The van der Waals surface area contributed by atoms with Gasteiger partial charge in [-0.05, 0) is 25.0 Å². The first-order valence-corrected chi connectivity index (χ1v) is 8.91. The largest absolute Gasteiger partial charge is 0.449 e. The zero-order chi connectivity index (χ0) is 20.7. The van der Waals surface area contributed by atoms with Crippen LogP contribution >= 0.6 is 0 Å². The van der Waals surface area contributed by atoms with Crippen LogP contribution in [-0.2, 0) is 9.53 Å². The molecular formula is C20H23N3O5. The molecule has 0 saturated carbocycles. The molecule has 0 bridgehead atoms. The number of ether oxygens (including phenoxy) is 1. The molecule has 2 atom stereocenters. The van der Waals surface area contributed by atoms with Gasteiger partial charge in [0.2, 0.25) is 0 Å². The number of non-ortho nitro benzene ring substituents is 1. The second-order valence-electron chi connectivity index (χ2n) is 6.34. The van der Waals surface area contributed by atoms with Crippen molar-refractivity contribution >= 4 is 23.3 Å². The normalized spacial score (nSPS) is 12.6. The summed E-state index contributed by atoms with van der Waals surface area (Å²) in [5.41, 5.74) is 6.42. The lowest BCUT2D eigenvalue weighted by atomic mass is 9.96. The summed E-state index contributed by atoms with van der Waals surface area (Å²) in [4.78, 5) is 34.8. The lowest BCUT2D eigenvalue weighted by Gasteiger charge is -2.18. The highest BCUT2D eigenvalue weighted by Crippen LogP contribution is 2.21. The molecular weight excluding hydrogens is 362 g/mol. The number of nitro groups is 1. The van der Waals surface area contributed by atoms with Gasteiger partial charge in [-0.2, -0.15) is 0 Å². The van der Waals surface area contributed by atoms with Crippen molar-refractivity contribution in [2.75, 3.05) is 12.3 Å². The Labute approximate surface area is 162 Å². The number of nitrogens with zero attached hydrogens (tertiary/aromatic N) is 1. The highest BCUT2D eigenvalue weighted by molar-refractivity contribution is 5.97. The van der Waals surface area contributed by atoms with Crippen LogP contribution in [0.5, 0.6) is 0 Å². The van der Waals surface area contributed by atoms with Gasteiger partial charge in [0.25, 0.3) is 11.6 Å². The number of rotatable bonds is 8. The number of carbonyl (C=O) groups excluding carboxylic acids is 2. The fourth-order valence-corrected chi connectivity index (χ4v) is 2.70. The Kier molecular flexibility index (Phi) is 7.08. The molecule has 28 heavy (non-hydrogen) atoms. The predicted octanol–water partition coefficient (Wildman–Crippen LogP) is 3.03. The third-order valence-electron chi connectivity index (χ3n) is 4.41. The van der Waals surface area contributed by atoms with E-state index in [1.54, 1.807) is 0 Å². The Hall–Kier alpha value is -3.42. The van der Waals surface area contributed by atoms with E-state index in [2.05, 4.69) is 5.32 Å². The Morgan fingerprint density at radius 3 is 2.50 bits per heavy atom. The molecule has 148 valence electrons. The molecule has 0 heterocycles. The minimum Gasteiger partial charge on any atom is -0.449 e. The molecule has 8 nitrogen and oxygen atoms in total. The average molecular weight is 385 g/mol. The zero-order valence-corrected chi connectivity index (χ0v) is 15.8. The Balaban J connectivity index is 1.97. The van der Waals surface area contributed by atoms with Gasteiger partial charge in [-0.15, -0.1) is 0 Å². The molecule has 2 rings (SSSR count). The number of esters is 1. The molecule has 0 aliphatic rings. The van der Waals surface area contributed by atoms with Crippen molar-refractivity contribution in [3.63, 3.8) is 0 Å². The monoisotopic (exact) mass is 385 g/mol. The molecule has 0 aliphatic heterocycles. The fourth-order valence-electron chi connectivity index (χ4n) is 2.70. The van der Waals surface area contributed by atoms with Crippen LogP contribution in [0, 0.1) is 10.1 Å². The number of carbonyl (C=O) groups is 2. The molecule has 0 unspecified atom stereocenters. The minimum atomic E-state index is -1.07. The van der Waals surface area contributed by atoms with Crippen molar-refractivity contribution in [2.45, 2.75) is 32.3 Å². The Bertz CT molecular complexity index is 854. The molecule has 1 amide bonds. The van der Waals surface area contributed by atoms with Crippen molar-refractivity contribution in [1.82, 2.24) is 5.32 Å². The van der Waals surface area contributed by atoms with Gasteiger partial charge in [0.15, 0.2) is 6.10 Å². The quantitative estimate of drug-likeness (QED) is 0.311. The van der Waals surface area contributed by atoms with E-state index in [0.717, 1.165) is 18.1 Å². The molecule has 0 aliphatic carbocycles. The van der Waals surface area contributed by atoms with E-state index in [-0.39, 0.29) is 22.9 Å². The van der Waals surface area contributed by atoms with Gasteiger partial charge in [-0.25, -0.2) is 4.79 Å². The number of hydrogen-bond donors (Lipinski definition) is 2. The number of nitrogens with one attached hydrogen (secondary N) is 1. The third-order valence-corrected chi connectivity index (χ3v) is 4.41. The van der Waals surface area contributed by atoms with Crippen molar-refractivity contribution < 1.29 is 19.2 Å². The van der Waals surface area contributed by atoms with Gasteiger partial charge < -0.3 is 15.8 Å². The van der Waals surface area contributed by atoms with E-state index < -0.39 is 22.9 Å². The molecule has 0 saturated heterocycles. The van der Waals surface area contributed by atoms with Gasteiger partial charge in [0, 0.05) is 30.3 Å². The summed E-state index contributed by atoms with van der Waals surface area (Å²) < 4.78 is 5.13. The molecule has 2 aromatic rings. The summed E-state index contributed by atoms with van der Waals surface area (Å²) in [6.45, 7) is 3.86.